The molecule has 0 fully saturated rings. The average Bonchev–Trinajstić information content (AvgIpc) is 2.63. The minimum Gasteiger partial charge on any atom is -0.495 e. The molecule has 0 spiro atoms. The van der Waals surface area contributed by atoms with Gasteiger partial charge in [-0.2, -0.15) is 5.10 Å². The fourth-order valence-corrected chi connectivity index (χ4v) is 2.88. The predicted octanol–water partition coefficient (Wildman–Crippen LogP) is 3.98. The summed E-state index contributed by atoms with van der Waals surface area (Å²) in [5.41, 5.74) is 4.43. The maximum absolute atomic E-state index is 5.40. The predicted molar refractivity (Wildman–Crippen MR) is 85.4 cm³/mol. The molecule has 4 nitrogen and oxygen atoms in total. The van der Waals surface area contributed by atoms with Gasteiger partial charge in [-0.25, -0.2) is 0 Å². The van der Waals surface area contributed by atoms with Crippen molar-refractivity contribution in [3.8, 4) is 5.75 Å². The molecule has 20 heavy (non-hydrogen) atoms. The van der Waals surface area contributed by atoms with Gasteiger partial charge in [0.05, 0.1) is 24.5 Å². The van der Waals surface area contributed by atoms with Crippen molar-refractivity contribution in [2.75, 3.05) is 12.4 Å². The molecule has 0 aliphatic carbocycles. The van der Waals surface area contributed by atoms with Crippen LogP contribution in [0, 0.1) is 13.8 Å². The van der Waals surface area contributed by atoms with E-state index in [1.807, 2.05) is 36.9 Å². The van der Waals surface area contributed by atoms with Crippen LogP contribution in [-0.2, 0) is 7.05 Å². The number of rotatable bonds is 4. The summed E-state index contributed by atoms with van der Waals surface area (Å²) < 4.78 is 8.34. The maximum Gasteiger partial charge on any atom is 0.142 e. The van der Waals surface area contributed by atoms with Crippen molar-refractivity contribution >= 4 is 21.6 Å². The van der Waals surface area contributed by atoms with Crippen molar-refractivity contribution < 1.29 is 4.74 Å². The SMILES string of the molecule is COc1ccc(Br)cc1NC(C)c1c(C)nn(C)c1C. The van der Waals surface area contributed by atoms with Crippen LogP contribution in [0.4, 0.5) is 5.69 Å². The van der Waals surface area contributed by atoms with Gasteiger partial charge in [0.2, 0.25) is 0 Å². The Morgan fingerprint density at radius 3 is 2.60 bits per heavy atom. The molecule has 1 N–H and O–H groups in total. The lowest BCUT2D eigenvalue weighted by molar-refractivity contribution is 0.416. The summed E-state index contributed by atoms with van der Waals surface area (Å²) in [5, 5.41) is 7.97. The number of ether oxygens (including phenoxy) is 1. The monoisotopic (exact) mass is 337 g/mol. The number of aryl methyl sites for hydroxylation is 2. The van der Waals surface area contributed by atoms with Crippen molar-refractivity contribution in [2.45, 2.75) is 26.8 Å². The summed E-state index contributed by atoms with van der Waals surface area (Å²) >= 11 is 3.49. The number of hydrogen-bond donors (Lipinski definition) is 1. The van der Waals surface area contributed by atoms with Gasteiger partial charge < -0.3 is 10.1 Å². The molecular weight excluding hydrogens is 318 g/mol. The Labute approximate surface area is 128 Å². The third kappa shape index (κ3) is 2.82. The van der Waals surface area contributed by atoms with Gasteiger partial charge in [-0.1, -0.05) is 15.9 Å². The van der Waals surface area contributed by atoms with Crippen LogP contribution < -0.4 is 10.1 Å². The third-order valence-corrected chi connectivity index (χ3v) is 4.02. The highest BCUT2D eigenvalue weighted by atomic mass is 79.9. The second-order valence-corrected chi connectivity index (χ2v) is 5.83. The Hall–Kier alpha value is -1.49. The number of nitrogens with one attached hydrogen (secondary N) is 1. The first-order valence-corrected chi connectivity index (χ1v) is 7.33. The quantitative estimate of drug-likeness (QED) is 0.916. The van der Waals surface area contributed by atoms with Crippen LogP contribution in [0.5, 0.6) is 5.75 Å². The molecule has 0 saturated carbocycles. The molecule has 1 heterocycles. The Morgan fingerprint density at radius 1 is 1.35 bits per heavy atom. The van der Waals surface area contributed by atoms with E-state index in [0.29, 0.717) is 0 Å². The molecule has 5 heteroatoms. The maximum atomic E-state index is 5.40. The molecule has 1 unspecified atom stereocenters. The summed E-state index contributed by atoms with van der Waals surface area (Å²) in [4.78, 5) is 0. The van der Waals surface area contributed by atoms with E-state index in [1.165, 1.54) is 11.3 Å². The molecule has 108 valence electrons. The van der Waals surface area contributed by atoms with Gasteiger partial charge in [-0.05, 0) is 39.0 Å². The van der Waals surface area contributed by atoms with Gasteiger partial charge in [0, 0.05) is 22.8 Å². The normalized spacial score (nSPS) is 12.3. The molecule has 2 aromatic rings. The highest BCUT2D eigenvalue weighted by Gasteiger charge is 2.17. The third-order valence-electron chi connectivity index (χ3n) is 3.53. The van der Waals surface area contributed by atoms with Crippen LogP contribution in [0.3, 0.4) is 0 Å². The van der Waals surface area contributed by atoms with E-state index in [9.17, 15) is 0 Å². The van der Waals surface area contributed by atoms with E-state index in [-0.39, 0.29) is 6.04 Å². The van der Waals surface area contributed by atoms with Crippen LogP contribution in [0.2, 0.25) is 0 Å². The lowest BCUT2D eigenvalue weighted by atomic mass is 10.1. The summed E-state index contributed by atoms with van der Waals surface area (Å²) in [6, 6.07) is 6.10. The molecule has 0 bridgehead atoms. The zero-order valence-electron chi connectivity index (χ0n) is 12.5. The van der Waals surface area contributed by atoms with Crippen LogP contribution in [0.1, 0.15) is 29.9 Å². The van der Waals surface area contributed by atoms with Gasteiger partial charge in [-0.15, -0.1) is 0 Å². The fourth-order valence-electron chi connectivity index (χ4n) is 2.52. The standard InChI is InChI=1S/C15H20BrN3O/c1-9(15-10(2)18-19(4)11(15)3)17-13-8-12(16)6-7-14(13)20-5/h6-9,17H,1-5H3. The Morgan fingerprint density at radius 2 is 2.05 bits per heavy atom. The highest BCUT2D eigenvalue weighted by molar-refractivity contribution is 9.10. The minimum absolute atomic E-state index is 0.159. The van der Waals surface area contributed by atoms with Gasteiger partial charge in [-0.3, -0.25) is 4.68 Å². The Bertz CT molecular complexity index is 622. The van der Waals surface area contributed by atoms with Gasteiger partial charge >= 0.3 is 0 Å². The average molecular weight is 338 g/mol. The number of benzene rings is 1. The molecule has 1 aromatic carbocycles. The first-order valence-electron chi connectivity index (χ1n) is 6.54. The van der Waals surface area contributed by atoms with Gasteiger partial charge in [0.1, 0.15) is 5.75 Å². The largest absolute Gasteiger partial charge is 0.495 e. The van der Waals surface area contributed by atoms with Gasteiger partial charge in [0.25, 0.3) is 0 Å². The topological polar surface area (TPSA) is 39.1 Å². The molecule has 0 amide bonds. The zero-order valence-corrected chi connectivity index (χ0v) is 14.1. The molecule has 1 aromatic heterocycles. The number of aromatic nitrogens is 2. The van der Waals surface area contributed by atoms with E-state index in [2.05, 4.69) is 40.2 Å². The number of methoxy groups -OCH3 is 1. The smallest absolute Gasteiger partial charge is 0.142 e. The van der Waals surface area contributed by atoms with E-state index in [1.54, 1.807) is 7.11 Å². The number of anilines is 1. The second-order valence-electron chi connectivity index (χ2n) is 4.92. The van der Waals surface area contributed by atoms with Crippen LogP contribution >= 0.6 is 15.9 Å². The summed E-state index contributed by atoms with van der Waals surface area (Å²) in [6.07, 6.45) is 0. The first kappa shape index (κ1) is 14.9. The van der Waals surface area contributed by atoms with Gasteiger partial charge in [0.15, 0.2) is 0 Å². The molecule has 0 aliphatic heterocycles. The molecule has 0 aliphatic rings. The highest BCUT2D eigenvalue weighted by Crippen LogP contribution is 2.32. The Kier molecular flexibility index (Phi) is 4.38. The van der Waals surface area contributed by atoms with Crippen molar-refractivity contribution in [3.63, 3.8) is 0 Å². The van der Waals surface area contributed by atoms with Crippen molar-refractivity contribution in [1.29, 1.82) is 0 Å². The summed E-state index contributed by atoms with van der Waals surface area (Å²) in [6.45, 7) is 6.27. The molecule has 0 radical (unpaired) electrons. The molecule has 2 rings (SSSR count). The Balaban J connectivity index is 2.32. The number of hydrogen-bond acceptors (Lipinski definition) is 3. The number of halogens is 1. The lowest BCUT2D eigenvalue weighted by Crippen LogP contribution is -2.10. The van der Waals surface area contributed by atoms with E-state index in [0.717, 1.165) is 21.6 Å². The van der Waals surface area contributed by atoms with Crippen LogP contribution in [-0.4, -0.2) is 16.9 Å². The van der Waals surface area contributed by atoms with E-state index < -0.39 is 0 Å². The van der Waals surface area contributed by atoms with Crippen molar-refractivity contribution in [2.24, 2.45) is 7.05 Å². The second kappa shape index (κ2) is 5.87. The molecule has 0 saturated heterocycles. The number of nitrogens with zero attached hydrogens (tertiary/aromatic N) is 2. The van der Waals surface area contributed by atoms with Crippen LogP contribution in [0.15, 0.2) is 22.7 Å². The van der Waals surface area contributed by atoms with Crippen LogP contribution in [0.25, 0.3) is 0 Å². The summed E-state index contributed by atoms with van der Waals surface area (Å²) in [7, 11) is 3.65. The molecule has 1 atom stereocenters. The van der Waals surface area contributed by atoms with Crippen molar-refractivity contribution in [3.05, 3.63) is 39.6 Å². The fraction of sp³-hybridized carbons (Fsp3) is 0.400. The lowest BCUT2D eigenvalue weighted by Gasteiger charge is -2.18. The summed E-state index contributed by atoms with van der Waals surface area (Å²) in [5.74, 6) is 0.833. The van der Waals surface area contributed by atoms with Crippen molar-refractivity contribution in [1.82, 2.24) is 9.78 Å². The van der Waals surface area contributed by atoms with E-state index in [4.69, 9.17) is 4.74 Å². The molecular formula is C15H20BrN3O. The minimum atomic E-state index is 0.159. The zero-order chi connectivity index (χ0) is 14.9. The first-order chi connectivity index (χ1) is 9.43. The van der Waals surface area contributed by atoms with E-state index >= 15 is 0 Å².